The molecule has 0 aromatic heterocycles. The van der Waals surface area contributed by atoms with Crippen LogP contribution in [0.15, 0.2) is 59.7 Å². The van der Waals surface area contributed by atoms with E-state index in [2.05, 4.69) is 47.2 Å². The van der Waals surface area contributed by atoms with Crippen LogP contribution in [0, 0.1) is 11.8 Å². The number of carbonyl (C=O) groups excluding carboxylic acids is 15. The molecule has 0 radical (unpaired) electrons. The highest BCUT2D eigenvalue weighted by Gasteiger charge is 2.48. The molecule has 0 aliphatic carbocycles. The second-order valence-corrected chi connectivity index (χ2v) is 30.5. The molecule has 114 heavy (non-hydrogen) atoms. The molecule has 2 aromatic rings. The number of carbonyl (C=O) groups is 17. The van der Waals surface area contributed by atoms with E-state index >= 15 is 9.59 Å². The van der Waals surface area contributed by atoms with Gasteiger partial charge in [-0.05, 0) is 137 Å². The van der Waals surface area contributed by atoms with E-state index in [0.717, 1.165) is 9.80 Å². The summed E-state index contributed by atoms with van der Waals surface area (Å²) in [6, 6.07) is -5.02. The molecule has 15 amide bonds. The standard InChI is InChI=1S/C75H107N19O20/c1-40(2)34-46(76)63(101)82-48(22-26-59(77)96)70(108)91-31-9-16-56(91)67(105)87-53(36-42-12-6-5-7-13-42)74(112)94-39-44(88-89-80)38-58(94)69(107)83-49(23-27-60(78)97)71(109)90-30-8-14-54(90)65(103)81-47(25-29-62(99)100)64(102)85-51(35-41(3)4)72(110)92-32-11-17-57(92)68(106)86-52(37-43-18-20-45(95)21-19-43)73(111)93-33-10-15-55(93)66(104)84-50(75(113)114)24-28-61(79)98/h5-7,12-13,18-21,40-41,44,46-58,95H,8-11,14-17,22-39,76H2,1-4H3,(H2,77,96)(H2,78,97)(H2,79,98)(H,81,103)(H,82,101)(H,83,107)(H,84,104)(H,85,102)(H,86,106)(H,87,105)(H,99,100)(H,113,114)/t44-,46-,47-,48-,49-,50-,51-,52-,53-,54-,55-,56-,57-,58-/m0/s1. The van der Waals surface area contributed by atoms with Gasteiger partial charge in [-0.25, -0.2) is 4.79 Å². The number of hydrogen-bond donors (Lipinski definition) is 14. The van der Waals surface area contributed by atoms with Crippen molar-refractivity contribution in [3.05, 3.63) is 76.2 Å². The summed E-state index contributed by atoms with van der Waals surface area (Å²) in [7, 11) is 0. The molecule has 622 valence electrons. The van der Waals surface area contributed by atoms with Crippen molar-refractivity contribution in [2.75, 3.05) is 32.7 Å². The number of phenols is 1. The molecule has 5 saturated heterocycles. The van der Waals surface area contributed by atoms with E-state index in [0.29, 0.717) is 24.0 Å². The first kappa shape index (κ1) is 89.7. The van der Waals surface area contributed by atoms with Crippen molar-refractivity contribution >= 4 is 101 Å². The number of phenolic OH excluding ortho intramolecular Hbond substituents is 1. The van der Waals surface area contributed by atoms with Crippen molar-refractivity contribution in [3.63, 3.8) is 0 Å². The monoisotopic (exact) mass is 1590 g/mol. The molecule has 39 nitrogen and oxygen atoms in total. The Balaban J connectivity index is 1.07. The highest BCUT2D eigenvalue weighted by Crippen LogP contribution is 2.29. The number of likely N-dealkylation sites (tertiary alicyclic amines) is 5. The number of benzene rings is 2. The minimum atomic E-state index is -1.69. The van der Waals surface area contributed by atoms with Crippen molar-refractivity contribution in [3.8, 4) is 5.75 Å². The highest BCUT2D eigenvalue weighted by atomic mass is 16.4. The van der Waals surface area contributed by atoms with Crippen LogP contribution in [0.2, 0.25) is 0 Å². The zero-order valence-corrected chi connectivity index (χ0v) is 64.5. The lowest BCUT2D eigenvalue weighted by molar-refractivity contribution is -0.146. The average molecular weight is 1590 g/mol. The molecule has 39 heteroatoms. The molecule has 18 N–H and O–H groups in total. The number of nitrogens with one attached hydrogen (secondary N) is 7. The van der Waals surface area contributed by atoms with Crippen LogP contribution in [-0.4, -0.2) is 258 Å². The summed E-state index contributed by atoms with van der Waals surface area (Å²) in [6.45, 7) is 6.71. The van der Waals surface area contributed by atoms with Crippen LogP contribution in [0.5, 0.6) is 5.75 Å². The van der Waals surface area contributed by atoms with Crippen LogP contribution in [-0.2, 0) is 94.3 Å². The van der Waals surface area contributed by atoms with Gasteiger partial charge < -0.3 is 100.0 Å². The largest absolute Gasteiger partial charge is 0.508 e. The number of carboxylic acids is 2. The first-order valence-electron chi connectivity index (χ1n) is 38.6. The van der Waals surface area contributed by atoms with Crippen LogP contribution in [0.1, 0.15) is 161 Å². The van der Waals surface area contributed by atoms with E-state index in [1.807, 2.05) is 13.8 Å². The van der Waals surface area contributed by atoms with Gasteiger partial charge in [0.25, 0.3) is 0 Å². The second-order valence-electron chi connectivity index (χ2n) is 30.5. The third kappa shape index (κ3) is 25.5. The Labute approximate surface area is 658 Å². The average Bonchev–Trinajstić information content (AvgIpc) is 1.63. The summed E-state index contributed by atoms with van der Waals surface area (Å²) < 4.78 is 0. The molecular formula is C75H107N19O20. The molecule has 0 unspecified atom stereocenters. The predicted octanol–water partition coefficient (Wildman–Crippen LogP) is -2.02. The van der Waals surface area contributed by atoms with Gasteiger partial charge in [-0.1, -0.05) is 75.3 Å². The molecule has 5 aliphatic heterocycles. The maximum absolute atomic E-state index is 15.2. The van der Waals surface area contributed by atoms with Gasteiger partial charge in [-0.15, -0.1) is 0 Å². The van der Waals surface area contributed by atoms with Crippen LogP contribution in [0.3, 0.4) is 0 Å². The van der Waals surface area contributed by atoms with Gasteiger partial charge in [0, 0.05) is 76.2 Å². The van der Waals surface area contributed by atoms with E-state index in [1.54, 1.807) is 44.2 Å². The second kappa shape index (κ2) is 42.4. The SMILES string of the molecule is CC(C)C[C@H](NC(=O)[C@H](CCC(=O)O)NC(=O)[C@@H]1CCCN1C(=O)[C@H](CCC(N)=O)NC(=O)[C@@H]1C[C@H](N=[N+]=[N-])CN1C(=O)[C@H](Cc1ccccc1)NC(=O)[C@@H]1CCCN1C(=O)[C@H](CCC(N)=O)NC(=O)[C@@H](N)CC(C)C)C(=O)N1CCC[C@H]1C(=O)N[C@@H](Cc1ccc(O)cc1)C(=O)N1CCC[C@H]1C(=O)N[C@@H](CCC(N)=O)C(=O)O. The summed E-state index contributed by atoms with van der Waals surface area (Å²) in [5, 5.41) is 52.0. The third-order valence-corrected chi connectivity index (χ3v) is 20.9. The van der Waals surface area contributed by atoms with Crippen LogP contribution >= 0.6 is 0 Å². The van der Waals surface area contributed by atoms with E-state index in [-0.39, 0.29) is 147 Å². The number of rotatable bonds is 41. The van der Waals surface area contributed by atoms with Crippen molar-refractivity contribution in [1.29, 1.82) is 0 Å². The van der Waals surface area contributed by atoms with Gasteiger partial charge in [0.2, 0.25) is 88.6 Å². The molecule has 2 aromatic carbocycles. The first-order valence-corrected chi connectivity index (χ1v) is 38.6. The van der Waals surface area contributed by atoms with Crippen LogP contribution in [0.4, 0.5) is 0 Å². The Bertz CT molecular complexity index is 3920. The molecule has 14 atom stereocenters. The highest BCUT2D eigenvalue weighted by molar-refractivity contribution is 6.01. The van der Waals surface area contributed by atoms with E-state index < -0.39 is 211 Å². The maximum Gasteiger partial charge on any atom is 0.326 e. The van der Waals surface area contributed by atoms with Crippen LogP contribution in [0.25, 0.3) is 10.4 Å². The molecular weight excluding hydrogens is 1490 g/mol. The number of carboxylic acid groups (broad SMARTS) is 2. The normalized spacial score (nSPS) is 20.7. The molecule has 0 bridgehead atoms. The van der Waals surface area contributed by atoms with Gasteiger partial charge in [0.1, 0.15) is 78.3 Å². The Morgan fingerprint density at radius 3 is 1.23 bits per heavy atom. The molecule has 5 aliphatic rings. The number of amides is 15. The Hall–Kier alpha value is -11.5. The zero-order valence-electron chi connectivity index (χ0n) is 64.5. The number of azide groups is 1. The topological polar surface area (TPSA) is 604 Å². The number of hydrogen-bond acceptors (Lipinski definition) is 20. The summed E-state index contributed by atoms with van der Waals surface area (Å²) in [6.07, 6.45) is -2.59. The van der Waals surface area contributed by atoms with E-state index in [1.165, 1.54) is 39.0 Å². The summed E-state index contributed by atoms with van der Waals surface area (Å²) in [5.41, 5.74) is 33.1. The predicted molar refractivity (Wildman–Crippen MR) is 404 cm³/mol. The lowest BCUT2D eigenvalue weighted by Crippen LogP contribution is -2.60. The fraction of sp³-hybridized carbons (Fsp3) is 0.613. The summed E-state index contributed by atoms with van der Waals surface area (Å²) in [4.78, 5) is 244. The van der Waals surface area contributed by atoms with Crippen molar-refractivity contribution in [2.45, 2.75) is 247 Å². The Morgan fingerprint density at radius 1 is 0.447 bits per heavy atom. The fourth-order valence-electron chi connectivity index (χ4n) is 15.2. The number of aromatic hydroxyl groups is 1. The maximum atomic E-state index is 15.2. The number of aliphatic carboxylic acids is 2. The van der Waals surface area contributed by atoms with Crippen molar-refractivity contribution in [1.82, 2.24) is 61.7 Å². The zero-order chi connectivity index (χ0) is 83.8. The van der Waals surface area contributed by atoms with Crippen LogP contribution < -0.4 is 60.2 Å². The van der Waals surface area contributed by atoms with Gasteiger partial charge in [0.15, 0.2) is 0 Å². The molecule has 0 spiro atoms. The fourth-order valence-corrected chi connectivity index (χ4v) is 15.2. The number of nitrogens with two attached hydrogens (primary N) is 4. The number of primary amides is 3. The van der Waals surface area contributed by atoms with E-state index in [4.69, 9.17) is 22.9 Å². The summed E-state index contributed by atoms with van der Waals surface area (Å²) in [5.74, 6) is -15.8. The molecule has 5 fully saturated rings. The Kier molecular flexibility index (Phi) is 33.4. The van der Waals surface area contributed by atoms with Gasteiger partial charge in [-0.3, -0.25) is 76.7 Å². The lowest BCUT2D eigenvalue weighted by atomic mass is 10.0. The van der Waals surface area contributed by atoms with Crippen molar-refractivity contribution < 1.29 is 96.8 Å². The molecule has 5 heterocycles. The van der Waals surface area contributed by atoms with Gasteiger partial charge >= 0.3 is 11.9 Å². The number of nitrogens with zero attached hydrogens (tertiary/aromatic N) is 8. The minimum absolute atomic E-state index is 0.0124. The van der Waals surface area contributed by atoms with E-state index in [9.17, 15) is 92.8 Å². The lowest BCUT2D eigenvalue weighted by Gasteiger charge is -2.33. The van der Waals surface area contributed by atoms with Gasteiger partial charge in [0.05, 0.1) is 12.1 Å². The van der Waals surface area contributed by atoms with Gasteiger partial charge in [-0.2, -0.15) is 0 Å². The quantitative estimate of drug-likeness (QED) is 0.0194. The first-order chi connectivity index (χ1) is 54.0. The minimum Gasteiger partial charge on any atom is -0.508 e. The smallest absolute Gasteiger partial charge is 0.326 e. The molecule has 7 rings (SSSR count). The Morgan fingerprint density at radius 2 is 0.807 bits per heavy atom. The summed E-state index contributed by atoms with van der Waals surface area (Å²) >= 11 is 0. The van der Waals surface area contributed by atoms with Crippen molar-refractivity contribution in [2.24, 2.45) is 39.9 Å². The third-order valence-electron chi connectivity index (χ3n) is 20.9. The molecule has 0 saturated carbocycles.